The highest BCUT2D eigenvalue weighted by molar-refractivity contribution is 7.18. The van der Waals surface area contributed by atoms with Crippen LogP contribution in [0.5, 0.6) is 0 Å². The highest BCUT2D eigenvalue weighted by atomic mass is 32.1. The molecular weight excluding hydrogens is 312 g/mol. The van der Waals surface area contributed by atoms with Crippen LogP contribution in [-0.2, 0) is 11.3 Å². The van der Waals surface area contributed by atoms with Crippen LogP contribution >= 0.6 is 11.3 Å². The summed E-state index contributed by atoms with van der Waals surface area (Å²) in [5.41, 5.74) is 1.38. The fraction of sp³-hybridized carbons (Fsp3) is 0.235. The summed E-state index contributed by atoms with van der Waals surface area (Å²) < 4.78 is 6.53. The fourth-order valence-corrected chi connectivity index (χ4v) is 3.19. The van der Waals surface area contributed by atoms with Gasteiger partial charge in [0.15, 0.2) is 0 Å². The number of rotatable bonds is 4. The van der Waals surface area contributed by atoms with Crippen molar-refractivity contribution in [3.05, 3.63) is 63.0 Å². The first kappa shape index (κ1) is 15.4. The number of aromatic nitrogens is 2. The van der Waals surface area contributed by atoms with Gasteiger partial charge in [0, 0.05) is 4.88 Å². The number of thiophene rings is 1. The minimum Gasteiger partial charge on any atom is -0.462 e. The van der Waals surface area contributed by atoms with Gasteiger partial charge < -0.3 is 4.74 Å². The number of benzene rings is 1. The van der Waals surface area contributed by atoms with E-state index in [0.717, 1.165) is 15.3 Å². The van der Waals surface area contributed by atoms with Crippen molar-refractivity contribution in [3.8, 4) is 0 Å². The molecule has 2 aromatic heterocycles. The van der Waals surface area contributed by atoms with Crippen LogP contribution in [0.25, 0.3) is 10.2 Å². The van der Waals surface area contributed by atoms with Gasteiger partial charge in [-0.2, -0.15) is 0 Å². The second kappa shape index (κ2) is 6.34. The van der Waals surface area contributed by atoms with E-state index in [-0.39, 0.29) is 11.5 Å². The zero-order chi connectivity index (χ0) is 16.4. The Bertz CT molecular complexity index is 910. The Morgan fingerprint density at radius 2 is 2.04 bits per heavy atom. The molecule has 0 atom stereocenters. The molecule has 0 aliphatic carbocycles. The average molecular weight is 328 g/mol. The number of hydrogen-bond acceptors (Lipinski definition) is 5. The number of hydrogen-bond donors (Lipinski definition) is 0. The van der Waals surface area contributed by atoms with Gasteiger partial charge in [-0.15, -0.1) is 11.3 Å². The van der Waals surface area contributed by atoms with Crippen molar-refractivity contribution in [2.45, 2.75) is 20.4 Å². The summed E-state index contributed by atoms with van der Waals surface area (Å²) in [6.45, 7) is 4.50. The van der Waals surface area contributed by atoms with E-state index >= 15 is 0 Å². The van der Waals surface area contributed by atoms with Gasteiger partial charge in [-0.1, -0.05) is 12.1 Å². The van der Waals surface area contributed by atoms with Gasteiger partial charge in [0.25, 0.3) is 5.56 Å². The molecule has 0 fully saturated rings. The number of esters is 1. The van der Waals surface area contributed by atoms with Gasteiger partial charge in [0.05, 0.1) is 30.4 Å². The van der Waals surface area contributed by atoms with Crippen molar-refractivity contribution < 1.29 is 9.53 Å². The first-order valence-electron chi connectivity index (χ1n) is 7.30. The van der Waals surface area contributed by atoms with Gasteiger partial charge >= 0.3 is 5.97 Å². The molecule has 0 saturated heterocycles. The van der Waals surface area contributed by atoms with Crippen molar-refractivity contribution in [2.75, 3.05) is 6.61 Å². The maximum atomic E-state index is 12.5. The Labute approximate surface area is 137 Å². The first-order chi connectivity index (χ1) is 11.1. The second-order valence-corrected chi connectivity index (χ2v) is 6.41. The lowest BCUT2D eigenvalue weighted by molar-refractivity contribution is 0.0526. The molecule has 118 valence electrons. The molecule has 0 aliphatic heterocycles. The van der Waals surface area contributed by atoms with E-state index in [9.17, 15) is 9.59 Å². The standard InChI is InChI=1S/C17H16N2O3S/c1-3-22-17(21)13-6-4-12(5-7-13)9-19-10-18-15-14(16(19)20)8-11(2)23-15/h4-8,10H,3,9H2,1-2H3. The molecule has 0 amide bonds. The molecule has 0 bridgehead atoms. The van der Waals surface area contributed by atoms with Gasteiger partial charge in [-0.25, -0.2) is 9.78 Å². The molecular formula is C17H16N2O3S. The summed E-state index contributed by atoms with van der Waals surface area (Å²) >= 11 is 1.52. The summed E-state index contributed by atoms with van der Waals surface area (Å²) in [7, 11) is 0. The lowest BCUT2D eigenvalue weighted by Gasteiger charge is -2.06. The van der Waals surface area contributed by atoms with Crippen molar-refractivity contribution in [3.63, 3.8) is 0 Å². The zero-order valence-corrected chi connectivity index (χ0v) is 13.7. The fourth-order valence-electron chi connectivity index (χ4n) is 2.35. The van der Waals surface area contributed by atoms with Gasteiger partial charge in [0.2, 0.25) is 0 Å². The minimum atomic E-state index is -0.340. The Kier molecular flexibility index (Phi) is 4.25. The second-order valence-electron chi connectivity index (χ2n) is 5.17. The largest absolute Gasteiger partial charge is 0.462 e. The molecule has 0 aliphatic rings. The molecule has 5 nitrogen and oxygen atoms in total. The van der Waals surface area contributed by atoms with Crippen molar-refractivity contribution in [1.29, 1.82) is 0 Å². The topological polar surface area (TPSA) is 61.2 Å². The predicted octanol–water partition coefficient (Wildman–Crippen LogP) is 2.99. The van der Waals surface area contributed by atoms with Crippen molar-refractivity contribution >= 4 is 27.5 Å². The molecule has 2 heterocycles. The quantitative estimate of drug-likeness (QED) is 0.691. The van der Waals surface area contributed by atoms with Crippen LogP contribution in [0.15, 0.2) is 41.5 Å². The maximum Gasteiger partial charge on any atom is 0.338 e. The highest BCUT2D eigenvalue weighted by Crippen LogP contribution is 2.19. The molecule has 1 aromatic carbocycles. The van der Waals surface area contributed by atoms with Crippen LogP contribution in [0.4, 0.5) is 0 Å². The Balaban J connectivity index is 1.86. The number of carbonyl (C=O) groups excluding carboxylic acids is 1. The third kappa shape index (κ3) is 3.17. The van der Waals surface area contributed by atoms with Crippen molar-refractivity contribution in [2.24, 2.45) is 0 Å². The monoisotopic (exact) mass is 328 g/mol. The molecule has 0 spiro atoms. The van der Waals surface area contributed by atoms with E-state index in [0.29, 0.717) is 24.1 Å². The van der Waals surface area contributed by atoms with Crippen molar-refractivity contribution in [1.82, 2.24) is 9.55 Å². The summed E-state index contributed by atoms with van der Waals surface area (Å²) in [6, 6.07) is 8.93. The van der Waals surface area contributed by atoms with Crippen LogP contribution < -0.4 is 5.56 Å². The highest BCUT2D eigenvalue weighted by Gasteiger charge is 2.09. The predicted molar refractivity (Wildman–Crippen MR) is 90.1 cm³/mol. The van der Waals surface area contributed by atoms with E-state index in [1.54, 1.807) is 30.0 Å². The Hall–Kier alpha value is -2.47. The first-order valence-corrected chi connectivity index (χ1v) is 8.12. The number of ether oxygens (including phenoxy) is 1. The zero-order valence-electron chi connectivity index (χ0n) is 12.9. The lowest BCUT2D eigenvalue weighted by atomic mass is 10.1. The average Bonchev–Trinajstić information content (AvgIpc) is 2.92. The van der Waals surface area contributed by atoms with Crippen LogP contribution in [0.2, 0.25) is 0 Å². The smallest absolute Gasteiger partial charge is 0.338 e. The molecule has 0 N–H and O–H groups in total. The van der Waals surface area contributed by atoms with Crippen LogP contribution in [-0.4, -0.2) is 22.1 Å². The van der Waals surface area contributed by atoms with E-state index < -0.39 is 0 Å². The van der Waals surface area contributed by atoms with E-state index in [2.05, 4.69) is 4.98 Å². The molecule has 0 unspecified atom stereocenters. The molecule has 0 saturated carbocycles. The Morgan fingerprint density at radius 3 is 2.74 bits per heavy atom. The van der Waals surface area contributed by atoms with E-state index in [1.165, 1.54) is 11.3 Å². The van der Waals surface area contributed by atoms with Crippen LogP contribution in [0, 0.1) is 6.92 Å². The number of fused-ring (bicyclic) bond motifs is 1. The summed E-state index contributed by atoms with van der Waals surface area (Å²) in [6.07, 6.45) is 1.57. The number of nitrogens with zero attached hydrogens (tertiary/aromatic N) is 2. The van der Waals surface area contributed by atoms with Gasteiger partial charge in [-0.05, 0) is 37.6 Å². The molecule has 6 heteroatoms. The number of aryl methyl sites for hydroxylation is 1. The molecule has 3 rings (SSSR count). The third-order valence-electron chi connectivity index (χ3n) is 3.46. The molecule has 0 radical (unpaired) electrons. The maximum absolute atomic E-state index is 12.5. The SMILES string of the molecule is CCOC(=O)c1ccc(Cn2cnc3sc(C)cc3c2=O)cc1. The number of carbonyl (C=O) groups is 1. The minimum absolute atomic E-state index is 0.0474. The normalized spacial score (nSPS) is 10.9. The van der Waals surface area contributed by atoms with E-state index in [4.69, 9.17) is 4.74 Å². The summed E-state index contributed by atoms with van der Waals surface area (Å²) in [4.78, 5) is 30.3. The third-order valence-corrected chi connectivity index (χ3v) is 4.42. The summed E-state index contributed by atoms with van der Waals surface area (Å²) in [5, 5.41) is 0.651. The molecule has 3 aromatic rings. The van der Waals surface area contributed by atoms with Crippen LogP contribution in [0.3, 0.4) is 0 Å². The molecule has 23 heavy (non-hydrogen) atoms. The lowest BCUT2D eigenvalue weighted by Crippen LogP contribution is -2.20. The Morgan fingerprint density at radius 1 is 1.30 bits per heavy atom. The summed E-state index contributed by atoms with van der Waals surface area (Å²) in [5.74, 6) is -0.340. The van der Waals surface area contributed by atoms with Crippen LogP contribution in [0.1, 0.15) is 27.7 Å². The van der Waals surface area contributed by atoms with Gasteiger partial charge in [-0.3, -0.25) is 9.36 Å². The van der Waals surface area contributed by atoms with Gasteiger partial charge in [0.1, 0.15) is 4.83 Å². The van der Waals surface area contributed by atoms with E-state index in [1.807, 2.05) is 25.1 Å².